The Morgan fingerprint density at radius 3 is 2.58 bits per heavy atom. The monoisotopic (exact) mass is 292 g/mol. The number of aromatic nitrogens is 1. The summed E-state index contributed by atoms with van der Waals surface area (Å²) in [6, 6.07) is 10.2. The number of hydrogen-bond acceptors (Lipinski definition) is 2. The van der Waals surface area contributed by atoms with Crippen LogP contribution >= 0.6 is 23.2 Å². The molecular formula is C14H10Cl2N2O. The van der Waals surface area contributed by atoms with Gasteiger partial charge in [0.05, 0.1) is 10.7 Å². The fourth-order valence-electron chi connectivity index (χ4n) is 1.91. The van der Waals surface area contributed by atoms with E-state index in [2.05, 4.69) is 0 Å². The summed E-state index contributed by atoms with van der Waals surface area (Å²) in [5.41, 5.74) is 1.20. The molecular weight excluding hydrogens is 283 g/mol. The van der Waals surface area contributed by atoms with E-state index in [-0.39, 0.29) is 11.1 Å². The number of benzene rings is 1. The van der Waals surface area contributed by atoms with Crippen LogP contribution in [-0.4, -0.2) is 4.57 Å². The van der Waals surface area contributed by atoms with Crippen molar-refractivity contribution in [3.05, 3.63) is 56.3 Å². The molecule has 0 amide bonds. The van der Waals surface area contributed by atoms with E-state index in [9.17, 15) is 4.79 Å². The van der Waals surface area contributed by atoms with Gasteiger partial charge in [-0.2, -0.15) is 5.26 Å². The molecule has 0 aliphatic carbocycles. The molecule has 2 aromatic rings. The Balaban J connectivity index is 2.73. The zero-order valence-electron chi connectivity index (χ0n) is 10.2. The minimum atomic E-state index is -0.312. The van der Waals surface area contributed by atoms with Crippen LogP contribution in [0.25, 0.3) is 11.3 Å². The Morgan fingerprint density at radius 2 is 2.00 bits per heavy atom. The lowest BCUT2D eigenvalue weighted by atomic mass is 10.1. The molecule has 2 rings (SSSR count). The van der Waals surface area contributed by atoms with Crippen LogP contribution in [0.1, 0.15) is 12.5 Å². The van der Waals surface area contributed by atoms with Crippen LogP contribution in [0.5, 0.6) is 0 Å². The quantitative estimate of drug-likeness (QED) is 0.847. The summed E-state index contributed by atoms with van der Waals surface area (Å²) >= 11 is 12.0. The average Bonchev–Trinajstić information content (AvgIpc) is 2.38. The fourth-order valence-corrected chi connectivity index (χ4v) is 2.42. The van der Waals surface area contributed by atoms with E-state index in [1.165, 1.54) is 10.6 Å². The lowest BCUT2D eigenvalue weighted by molar-refractivity contribution is 0.733. The van der Waals surface area contributed by atoms with Crippen molar-refractivity contribution in [3.63, 3.8) is 0 Å². The van der Waals surface area contributed by atoms with Gasteiger partial charge in [0.25, 0.3) is 5.56 Å². The summed E-state index contributed by atoms with van der Waals surface area (Å²) in [5, 5.41) is 9.89. The first kappa shape index (κ1) is 13.7. The van der Waals surface area contributed by atoms with Crippen molar-refractivity contribution in [2.75, 3.05) is 0 Å². The van der Waals surface area contributed by atoms with Crippen molar-refractivity contribution in [3.8, 4) is 17.3 Å². The molecule has 0 fully saturated rings. The third-order valence-electron chi connectivity index (χ3n) is 2.82. The van der Waals surface area contributed by atoms with Gasteiger partial charge in [0.1, 0.15) is 11.6 Å². The van der Waals surface area contributed by atoms with Gasteiger partial charge < -0.3 is 4.57 Å². The van der Waals surface area contributed by atoms with E-state index in [4.69, 9.17) is 28.5 Å². The SMILES string of the molecule is CCn1c(-c2ccc(Cl)cc2Cl)ccc(C#N)c1=O. The van der Waals surface area contributed by atoms with Crippen molar-refractivity contribution in [1.29, 1.82) is 5.26 Å². The summed E-state index contributed by atoms with van der Waals surface area (Å²) in [5.74, 6) is 0. The van der Waals surface area contributed by atoms with Crippen LogP contribution in [-0.2, 0) is 6.54 Å². The third-order valence-corrected chi connectivity index (χ3v) is 3.37. The molecule has 0 bridgehead atoms. The molecule has 0 saturated heterocycles. The van der Waals surface area contributed by atoms with Gasteiger partial charge in [0, 0.05) is 17.1 Å². The van der Waals surface area contributed by atoms with Gasteiger partial charge in [-0.1, -0.05) is 23.2 Å². The Kier molecular flexibility index (Phi) is 3.94. The van der Waals surface area contributed by atoms with E-state index in [0.717, 1.165) is 5.56 Å². The van der Waals surface area contributed by atoms with Gasteiger partial charge in [-0.25, -0.2) is 0 Å². The number of rotatable bonds is 2. The Hall–Kier alpha value is -1.76. The molecule has 3 nitrogen and oxygen atoms in total. The molecule has 1 aromatic heterocycles. The van der Waals surface area contributed by atoms with Gasteiger partial charge in [-0.3, -0.25) is 4.79 Å². The van der Waals surface area contributed by atoms with Gasteiger partial charge in [0.2, 0.25) is 0 Å². The first-order chi connectivity index (χ1) is 9.08. The summed E-state index contributed by atoms with van der Waals surface area (Å²) in [4.78, 5) is 12.1. The van der Waals surface area contributed by atoms with E-state index in [1.54, 1.807) is 24.3 Å². The lowest BCUT2D eigenvalue weighted by Crippen LogP contribution is -2.23. The van der Waals surface area contributed by atoms with Crippen LogP contribution in [0.2, 0.25) is 10.0 Å². The highest BCUT2D eigenvalue weighted by Crippen LogP contribution is 2.29. The van der Waals surface area contributed by atoms with E-state index in [0.29, 0.717) is 22.3 Å². The summed E-state index contributed by atoms with van der Waals surface area (Å²) in [7, 11) is 0. The number of nitriles is 1. The molecule has 0 N–H and O–H groups in total. The first-order valence-corrected chi connectivity index (χ1v) is 6.43. The van der Waals surface area contributed by atoms with Crippen molar-refractivity contribution < 1.29 is 0 Å². The summed E-state index contributed by atoms with van der Waals surface area (Å²) < 4.78 is 1.52. The van der Waals surface area contributed by atoms with E-state index in [1.807, 2.05) is 13.0 Å². The summed E-state index contributed by atoms with van der Waals surface area (Å²) in [6.07, 6.45) is 0. The van der Waals surface area contributed by atoms with Gasteiger partial charge in [-0.15, -0.1) is 0 Å². The zero-order chi connectivity index (χ0) is 14.0. The van der Waals surface area contributed by atoms with Crippen LogP contribution in [0.15, 0.2) is 35.1 Å². The standard InChI is InChI=1S/C14H10Cl2N2O/c1-2-18-13(6-3-9(8-17)14(18)19)11-5-4-10(15)7-12(11)16/h3-7H,2H2,1H3. The number of halogens is 2. The second-order valence-electron chi connectivity index (χ2n) is 3.92. The number of nitrogens with zero attached hydrogens (tertiary/aromatic N) is 2. The highest BCUT2D eigenvalue weighted by Gasteiger charge is 2.11. The van der Waals surface area contributed by atoms with Crippen LogP contribution in [0.4, 0.5) is 0 Å². The molecule has 0 spiro atoms. The van der Waals surface area contributed by atoms with Gasteiger partial charge >= 0.3 is 0 Å². The predicted molar refractivity (Wildman–Crippen MR) is 76.5 cm³/mol. The molecule has 1 heterocycles. The van der Waals surface area contributed by atoms with Gasteiger partial charge in [-0.05, 0) is 37.3 Å². The number of pyridine rings is 1. The minimum Gasteiger partial charge on any atom is -0.307 e. The van der Waals surface area contributed by atoms with Crippen molar-refractivity contribution in [1.82, 2.24) is 4.57 Å². The number of hydrogen-bond donors (Lipinski definition) is 0. The van der Waals surface area contributed by atoms with Crippen molar-refractivity contribution >= 4 is 23.2 Å². The Labute approximate surface area is 120 Å². The highest BCUT2D eigenvalue weighted by atomic mass is 35.5. The Morgan fingerprint density at radius 1 is 1.26 bits per heavy atom. The average molecular weight is 293 g/mol. The highest BCUT2D eigenvalue weighted by molar-refractivity contribution is 6.36. The molecule has 1 aromatic carbocycles. The molecule has 0 saturated carbocycles. The van der Waals surface area contributed by atoms with Crippen molar-refractivity contribution in [2.24, 2.45) is 0 Å². The van der Waals surface area contributed by atoms with Crippen molar-refractivity contribution in [2.45, 2.75) is 13.5 Å². The van der Waals surface area contributed by atoms with Gasteiger partial charge in [0.15, 0.2) is 0 Å². The maximum absolute atomic E-state index is 12.1. The Bertz CT molecular complexity index is 729. The van der Waals surface area contributed by atoms with Crippen LogP contribution in [0, 0.1) is 11.3 Å². The fraction of sp³-hybridized carbons (Fsp3) is 0.143. The minimum absolute atomic E-state index is 0.121. The summed E-state index contributed by atoms with van der Waals surface area (Å²) in [6.45, 7) is 2.30. The third kappa shape index (κ3) is 2.51. The molecule has 0 aliphatic rings. The molecule has 0 atom stereocenters. The zero-order valence-corrected chi connectivity index (χ0v) is 11.7. The molecule has 5 heteroatoms. The van der Waals surface area contributed by atoms with E-state index < -0.39 is 0 Å². The largest absolute Gasteiger partial charge is 0.307 e. The molecule has 96 valence electrons. The predicted octanol–water partition coefficient (Wildman–Crippen LogP) is 3.71. The first-order valence-electron chi connectivity index (χ1n) is 5.67. The molecule has 0 aliphatic heterocycles. The van der Waals surface area contributed by atoms with E-state index >= 15 is 0 Å². The lowest BCUT2D eigenvalue weighted by Gasteiger charge is -2.12. The van der Waals surface area contributed by atoms with Crippen LogP contribution in [0.3, 0.4) is 0 Å². The molecule has 0 radical (unpaired) electrons. The smallest absolute Gasteiger partial charge is 0.268 e. The maximum atomic E-state index is 12.1. The molecule has 19 heavy (non-hydrogen) atoms. The topological polar surface area (TPSA) is 45.8 Å². The normalized spacial score (nSPS) is 10.2. The second kappa shape index (κ2) is 5.48. The van der Waals surface area contributed by atoms with Crippen LogP contribution < -0.4 is 5.56 Å². The second-order valence-corrected chi connectivity index (χ2v) is 4.76. The maximum Gasteiger partial charge on any atom is 0.268 e. The molecule has 0 unspecified atom stereocenters.